The SMILES string of the molecule is O=C(O)c1ccc(COc2cc3c4cc(OCc5ccc(C(=O)O)cc5)c(OCc5ccc(C(=O)O)cc5)cc4c4cc(OCc5ccc(C(=O)O)cc5)c(OCc5ccc(C(=O)O)cc5)cc4c3cc2OCc2ccc(C(=O)O)cc2)cc1. The molecule has 0 heterocycles. The Morgan fingerprint density at radius 3 is 0.440 bits per heavy atom. The molecule has 0 aromatic heterocycles. The standard InChI is InChI=1S/C66H48O18/c67-61(68)43-13-1-37(2-14-43)31-79-55-25-49-50(26-56(55)80-32-38-3-15-44(16-4-38)62(69)70)52-28-58(82-34-40-7-19-46(20-8-40)64(73)74)60(84-36-42-11-23-48(24-12-42)66(77)78)30-54(52)53-29-59(83-35-41-9-21-47(22-10-41)65(75)76)57(27-51(49)53)81-33-39-5-17-45(18-6-39)63(71)72/h1-30H,31-36H2,(H,67,68)(H,69,70)(H,71,72)(H,73,74)(H,75,76)(H,77,78). The van der Waals surface area contributed by atoms with E-state index in [-0.39, 0.29) is 108 Å². The molecule has 0 bridgehead atoms. The van der Waals surface area contributed by atoms with Gasteiger partial charge in [0.15, 0.2) is 34.5 Å². The Morgan fingerprint density at radius 2 is 0.333 bits per heavy atom. The van der Waals surface area contributed by atoms with E-state index in [1.807, 2.05) is 0 Å². The molecule has 0 aliphatic heterocycles. The van der Waals surface area contributed by atoms with Gasteiger partial charge in [-0.1, -0.05) is 72.8 Å². The monoisotopic (exact) mass is 1130 g/mol. The minimum absolute atomic E-state index is 0.0355. The highest BCUT2D eigenvalue weighted by molar-refractivity contribution is 6.27. The topological polar surface area (TPSA) is 279 Å². The summed E-state index contributed by atoms with van der Waals surface area (Å²) in [5.74, 6) is -5.04. The van der Waals surface area contributed by atoms with Gasteiger partial charge in [-0.15, -0.1) is 0 Å². The number of carbonyl (C=O) groups is 6. The lowest BCUT2D eigenvalue weighted by Crippen LogP contribution is -2.04. The van der Waals surface area contributed by atoms with Crippen LogP contribution >= 0.6 is 0 Å². The first-order valence-electron chi connectivity index (χ1n) is 25.8. The second kappa shape index (κ2) is 24.5. The molecule has 0 saturated heterocycles. The first kappa shape index (κ1) is 55.9. The predicted molar refractivity (Wildman–Crippen MR) is 305 cm³/mol. The van der Waals surface area contributed by atoms with Crippen molar-refractivity contribution in [1.82, 2.24) is 0 Å². The number of benzene rings is 10. The maximum Gasteiger partial charge on any atom is 0.335 e. The highest BCUT2D eigenvalue weighted by Crippen LogP contribution is 2.48. The van der Waals surface area contributed by atoms with E-state index >= 15 is 0 Å². The lowest BCUT2D eigenvalue weighted by atomic mass is 9.93. The van der Waals surface area contributed by atoms with Gasteiger partial charge in [-0.2, -0.15) is 0 Å². The third-order valence-electron chi connectivity index (χ3n) is 13.7. The van der Waals surface area contributed by atoms with Gasteiger partial charge in [-0.25, -0.2) is 28.8 Å². The van der Waals surface area contributed by atoms with Crippen LogP contribution in [0.2, 0.25) is 0 Å². The lowest BCUT2D eigenvalue weighted by molar-refractivity contribution is 0.0686. The summed E-state index contributed by atoms with van der Waals surface area (Å²) >= 11 is 0. The molecular weight excluding hydrogens is 1080 g/mol. The molecule has 0 atom stereocenters. The summed E-state index contributed by atoms with van der Waals surface area (Å²) in [5.41, 5.74) is 4.29. The van der Waals surface area contributed by atoms with Crippen LogP contribution in [0.15, 0.2) is 182 Å². The van der Waals surface area contributed by atoms with E-state index in [1.165, 1.54) is 72.8 Å². The van der Waals surface area contributed by atoms with Crippen LogP contribution in [0.1, 0.15) is 95.5 Å². The molecule has 0 aliphatic rings. The molecule has 18 heteroatoms. The van der Waals surface area contributed by atoms with Crippen molar-refractivity contribution in [2.75, 3.05) is 0 Å². The molecule has 0 spiro atoms. The molecule has 0 fully saturated rings. The summed E-state index contributed by atoms with van der Waals surface area (Å²) in [6.45, 7) is -0.213. The molecule has 84 heavy (non-hydrogen) atoms. The summed E-state index contributed by atoms with van der Waals surface area (Å²) < 4.78 is 39.5. The zero-order chi connectivity index (χ0) is 59.0. The molecule has 420 valence electrons. The maximum absolute atomic E-state index is 11.7. The molecule has 0 radical (unpaired) electrons. The molecule has 10 aromatic rings. The number of carboxylic acid groups (broad SMARTS) is 6. The van der Waals surface area contributed by atoms with Crippen LogP contribution in [0.5, 0.6) is 34.5 Å². The fourth-order valence-corrected chi connectivity index (χ4v) is 9.12. The lowest BCUT2D eigenvalue weighted by Gasteiger charge is -2.21. The second-order valence-electron chi connectivity index (χ2n) is 19.3. The quantitative estimate of drug-likeness (QED) is 0.0307. The highest BCUT2D eigenvalue weighted by atomic mass is 16.5. The van der Waals surface area contributed by atoms with Crippen LogP contribution in [0, 0.1) is 0 Å². The van der Waals surface area contributed by atoms with Crippen molar-refractivity contribution >= 4 is 68.1 Å². The minimum atomic E-state index is -1.10. The van der Waals surface area contributed by atoms with Gasteiger partial charge >= 0.3 is 35.8 Å². The first-order chi connectivity index (χ1) is 40.5. The second-order valence-corrected chi connectivity index (χ2v) is 19.3. The van der Waals surface area contributed by atoms with Crippen LogP contribution in [0.25, 0.3) is 32.3 Å². The number of hydrogen-bond donors (Lipinski definition) is 6. The van der Waals surface area contributed by atoms with Gasteiger partial charge in [-0.3, -0.25) is 0 Å². The van der Waals surface area contributed by atoms with Crippen molar-refractivity contribution in [3.63, 3.8) is 0 Å². The largest absolute Gasteiger partial charge is 0.485 e. The van der Waals surface area contributed by atoms with Gasteiger partial charge in [0.1, 0.15) is 39.6 Å². The summed E-state index contributed by atoms with van der Waals surface area (Å²) in [4.78, 5) is 70.4. The molecule has 0 unspecified atom stereocenters. The number of carboxylic acids is 6. The first-order valence-corrected chi connectivity index (χ1v) is 25.8. The zero-order valence-electron chi connectivity index (χ0n) is 44.1. The van der Waals surface area contributed by atoms with Crippen LogP contribution in [-0.2, 0) is 39.6 Å². The smallest absolute Gasteiger partial charge is 0.335 e. The predicted octanol–water partition coefficient (Wildman–Crippen LogP) is 12.8. The fourth-order valence-electron chi connectivity index (χ4n) is 9.12. The Labute approximate surface area is 477 Å². The van der Waals surface area contributed by atoms with Crippen molar-refractivity contribution in [3.05, 3.63) is 249 Å². The van der Waals surface area contributed by atoms with E-state index in [0.29, 0.717) is 65.7 Å². The molecule has 0 saturated carbocycles. The molecule has 10 rings (SSSR count). The van der Waals surface area contributed by atoms with Crippen molar-refractivity contribution < 1.29 is 87.8 Å². The Bertz CT molecular complexity index is 3430. The summed E-state index contributed by atoms with van der Waals surface area (Å²) in [7, 11) is 0. The van der Waals surface area contributed by atoms with E-state index < -0.39 is 35.8 Å². The fraction of sp³-hybridized carbons (Fsp3) is 0.0909. The minimum Gasteiger partial charge on any atom is -0.485 e. The van der Waals surface area contributed by atoms with Crippen molar-refractivity contribution in [1.29, 1.82) is 0 Å². The zero-order valence-corrected chi connectivity index (χ0v) is 44.1. The summed E-state index contributed by atoms with van der Waals surface area (Å²) in [6.07, 6.45) is 0. The van der Waals surface area contributed by atoms with Crippen LogP contribution in [0.4, 0.5) is 0 Å². The third-order valence-corrected chi connectivity index (χ3v) is 13.7. The summed E-state index contributed by atoms with van der Waals surface area (Å²) in [5, 5.41) is 61.2. The number of aromatic carboxylic acids is 6. The maximum atomic E-state index is 11.7. The van der Waals surface area contributed by atoms with Crippen LogP contribution < -0.4 is 28.4 Å². The number of rotatable bonds is 24. The third kappa shape index (κ3) is 12.9. The molecule has 0 aliphatic carbocycles. The van der Waals surface area contributed by atoms with Crippen molar-refractivity contribution in [3.8, 4) is 34.5 Å². The van der Waals surface area contributed by atoms with E-state index in [4.69, 9.17) is 28.4 Å². The Morgan fingerprint density at radius 1 is 0.214 bits per heavy atom. The van der Waals surface area contributed by atoms with E-state index in [0.717, 1.165) is 0 Å². The van der Waals surface area contributed by atoms with Crippen LogP contribution in [0.3, 0.4) is 0 Å². The summed E-state index contributed by atoms with van der Waals surface area (Å²) in [6, 6.07) is 47.9. The van der Waals surface area contributed by atoms with Gasteiger partial charge in [0.2, 0.25) is 0 Å². The van der Waals surface area contributed by atoms with Gasteiger partial charge in [0.25, 0.3) is 0 Å². The van der Waals surface area contributed by atoms with Crippen molar-refractivity contribution in [2.24, 2.45) is 0 Å². The normalized spacial score (nSPS) is 11.0. The van der Waals surface area contributed by atoms with E-state index in [9.17, 15) is 59.4 Å². The molecule has 6 N–H and O–H groups in total. The molecular formula is C66H48O18. The highest BCUT2D eigenvalue weighted by Gasteiger charge is 2.22. The molecule has 0 amide bonds. The van der Waals surface area contributed by atoms with E-state index in [1.54, 1.807) is 109 Å². The van der Waals surface area contributed by atoms with E-state index in [2.05, 4.69) is 0 Å². The average molecular weight is 1130 g/mol. The van der Waals surface area contributed by atoms with Gasteiger partial charge in [0, 0.05) is 0 Å². The number of fused-ring (bicyclic) bond motifs is 6. The Kier molecular flexibility index (Phi) is 16.3. The van der Waals surface area contributed by atoms with Crippen LogP contribution in [-0.4, -0.2) is 66.5 Å². The Balaban J connectivity index is 1.18. The number of ether oxygens (including phenoxy) is 6. The van der Waals surface area contributed by atoms with Crippen molar-refractivity contribution in [2.45, 2.75) is 39.6 Å². The van der Waals surface area contributed by atoms with Gasteiger partial charge < -0.3 is 59.1 Å². The average Bonchev–Trinajstić information content (AvgIpc) is 2.19. The van der Waals surface area contributed by atoms with Gasteiger partial charge in [-0.05, 0) is 175 Å². The number of hydrogen-bond acceptors (Lipinski definition) is 12. The Hall–Kier alpha value is -11.4. The molecule has 10 aromatic carbocycles. The molecule has 18 nitrogen and oxygen atoms in total. The van der Waals surface area contributed by atoms with Gasteiger partial charge in [0.05, 0.1) is 33.4 Å².